The van der Waals surface area contributed by atoms with Gasteiger partial charge in [0.05, 0.1) is 17.3 Å². The van der Waals surface area contributed by atoms with Crippen molar-refractivity contribution in [2.45, 2.75) is 18.2 Å². The van der Waals surface area contributed by atoms with Crippen molar-refractivity contribution in [3.63, 3.8) is 0 Å². The topological polar surface area (TPSA) is 92.5 Å². The Hall–Kier alpha value is -1.38. The van der Waals surface area contributed by atoms with Gasteiger partial charge in [0.15, 0.2) is 0 Å². The van der Waals surface area contributed by atoms with Crippen LogP contribution in [-0.4, -0.2) is 38.8 Å². The number of nitrogens with zero attached hydrogens (tertiary/aromatic N) is 1. The van der Waals surface area contributed by atoms with E-state index in [1.165, 1.54) is 7.05 Å². The molecule has 1 rings (SSSR count). The van der Waals surface area contributed by atoms with Crippen LogP contribution in [0.25, 0.3) is 0 Å². The minimum absolute atomic E-state index is 0.128. The summed E-state index contributed by atoms with van der Waals surface area (Å²) in [5, 5.41) is 2.07. The molecular weight excluding hydrogens is 321 g/mol. The second-order valence-electron chi connectivity index (χ2n) is 4.32. The molecule has 3 N–H and O–H groups in total. The van der Waals surface area contributed by atoms with Crippen LogP contribution in [0, 0.1) is 5.82 Å². The van der Waals surface area contributed by atoms with Gasteiger partial charge in [0.1, 0.15) is 10.7 Å². The van der Waals surface area contributed by atoms with E-state index in [9.17, 15) is 17.6 Å². The maximum Gasteiger partial charge on any atom is 0.245 e. The summed E-state index contributed by atoms with van der Waals surface area (Å²) >= 11 is 5.80. The van der Waals surface area contributed by atoms with Crippen LogP contribution in [0.5, 0.6) is 0 Å². The molecule has 0 aliphatic rings. The molecule has 0 unspecified atom stereocenters. The fourth-order valence-corrected chi connectivity index (χ4v) is 3.67. The molecule has 0 aromatic heterocycles. The average Bonchev–Trinajstić information content (AvgIpc) is 2.41. The molecular formula is C12H17ClFN3O3S. The first-order valence-electron chi connectivity index (χ1n) is 6.19. The maximum absolute atomic E-state index is 13.3. The van der Waals surface area contributed by atoms with E-state index in [2.05, 4.69) is 5.32 Å². The Kier molecular flexibility index (Phi) is 5.94. The lowest BCUT2D eigenvalue weighted by Crippen LogP contribution is -2.40. The van der Waals surface area contributed by atoms with E-state index in [1.54, 1.807) is 6.92 Å². The van der Waals surface area contributed by atoms with E-state index in [1.807, 2.05) is 0 Å². The molecule has 118 valence electrons. The average molecular weight is 338 g/mol. The first kappa shape index (κ1) is 17.7. The van der Waals surface area contributed by atoms with E-state index in [-0.39, 0.29) is 28.7 Å². The number of halogens is 2. The van der Waals surface area contributed by atoms with Crippen LogP contribution >= 0.6 is 11.6 Å². The second kappa shape index (κ2) is 7.06. The van der Waals surface area contributed by atoms with Crippen LogP contribution in [-0.2, 0) is 14.8 Å². The SMILES string of the molecule is CCCN(CC(=O)NC)S(=O)(=O)c1cc(N)c(F)cc1Cl. The van der Waals surface area contributed by atoms with Crippen molar-refractivity contribution in [2.24, 2.45) is 0 Å². The summed E-state index contributed by atoms with van der Waals surface area (Å²) in [5.74, 6) is -1.26. The lowest BCUT2D eigenvalue weighted by Gasteiger charge is -2.21. The summed E-state index contributed by atoms with van der Waals surface area (Å²) in [6.45, 7) is 1.55. The van der Waals surface area contributed by atoms with E-state index in [0.29, 0.717) is 6.42 Å². The predicted molar refractivity (Wildman–Crippen MR) is 78.9 cm³/mol. The molecule has 1 aromatic carbocycles. The fraction of sp³-hybridized carbons (Fsp3) is 0.417. The molecule has 0 radical (unpaired) electrons. The van der Waals surface area contributed by atoms with Crippen molar-refractivity contribution in [2.75, 3.05) is 25.9 Å². The third-order valence-electron chi connectivity index (χ3n) is 2.74. The van der Waals surface area contributed by atoms with Crippen molar-refractivity contribution >= 4 is 33.2 Å². The Bertz CT molecular complexity index is 637. The van der Waals surface area contributed by atoms with Gasteiger partial charge in [-0.1, -0.05) is 18.5 Å². The number of likely N-dealkylation sites (N-methyl/N-ethyl adjacent to an activating group) is 1. The van der Waals surface area contributed by atoms with Crippen LogP contribution in [0.15, 0.2) is 17.0 Å². The number of hydrogen-bond acceptors (Lipinski definition) is 4. The Balaban J connectivity index is 3.28. The van der Waals surface area contributed by atoms with Crippen molar-refractivity contribution in [3.05, 3.63) is 23.0 Å². The van der Waals surface area contributed by atoms with Gasteiger partial charge >= 0.3 is 0 Å². The first-order chi connectivity index (χ1) is 9.73. The summed E-state index contributed by atoms with van der Waals surface area (Å²) in [4.78, 5) is 11.1. The van der Waals surface area contributed by atoms with Gasteiger partial charge in [0, 0.05) is 13.6 Å². The van der Waals surface area contributed by atoms with Gasteiger partial charge in [-0.25, -0.2) is 12.8 Å². The number of rotatable bonds is 6. The molecule has 0 heterocycles. The molecule has 21 heavy (non-hydrogen) atoms. The summed E-state index contributed by atoms with van der Waals surface area (Å²) in [5.41, 5.74) is 5.07. The number of nitrogen functional groups attached to an aromatic ring is 1. The molecule has 0 aliphatic carbocycles. The number of nitrogens with one attached hydrogen (secondary N) is 1. The van der Waals surface area contributed by atoms with Crippen LogP contribution in [0.1, 0.15) is 13.3 Å². The van der Waals surface area contributed by atoms with Crippen molar-refractivity contribution in [3.8, 4) is 0 Å². The number of anilines is 1. The summed E-state index contributed by atoms with van der Waals surface area (Å²) in [6, 6.07) is 1.80. The monoisotopic (exact) mass is 337 g/mol. The van der Waals surface area contributed by atoms with Gasteiger partial charge in [0.2, 0.25) is 15.9 Å². The van der Waals surface area contributed by atoms with Crippen molar-refractivity contribution in [1.29, 1.82) is 0 Å². The molecule has 9 heteroatoms. The number of sulfonamides is 1. The molecule has 1 amide bonds. The molecule has 0 saturated heterocycles. The standard InChI is InChI=1S/C12H17ClFN3O3S/c1-3-4-17(7-12(18)16-2)21(19,20)11-6-10(15)9(14)5-8(11)13/h5-6H,3-4,7,15H2,1-2H3,(H,16,18). The molecule has 1 aromatic rings. The highest BCUT2D eigenvalue weighted by Crippen LogP contribution is 2.28. The number of carbonyl (C=O) groups excluding carboxylic acids is 1. The van der Waals surface area contributed by atoms with Gasteiger partial charge in [-0.2, -0.15) is 4.31 Å². The normalized spacial score (nSPS) is 11.7. The number of nitrogens with two attached hydrogens (primary N) is 1. The van der Waals surface area contributed by atoms with Crippen molar-refractivity contribution in [1.82, 2.24) is 9.62 Å². The smallest absolute Gasteiger partial charge is 0.245 e. The third kappa shape index (κ3) is 4.05. The molecule has 0 spiro atoms. The Morgan fingerprint density at radius 3 is 2.62 bits per heavy atom. The van der Waals surface area contributed by atoms with E-state index in [4.69, 9.17) is 17.3 Å². The highest BCUT2D eigenvalue weighted by atomic mass is 35.5. The fourth-order valence-electron chi connectivity index (χ4n) is 1.65. The van der Waals surface area contributed by atoms with E-state index >= 15 is 0 Å². The molecule has 6 nitrogen and oxygen atoms in total. The lowest BCUT2D eigenvalue weighted by atomic mass is 10.3. The largest absolute Gasteiger partial charge is 0.396 e. The first-order valence-corrected chi connectivity index (χ1v) is 8.01. The molecule has 0 aliphatic heterocycles. The van der Waals surface area contributed by atoms with Gasteiger partial charge < -0.3 is 11.1 Å². The molecule has 0 saturated carbocycles. The minimum Gasteiger partial charge on any atom is -0.396 e. The summed E-state index contributed by atoms with van der Waals surface area (Å²) < 4.78 is 39.3. The van der Waals surface area contributed by atoms with Crippen LogP contribution in [0.4, 0.5) is 10.1 Å². The van der Waals surface area contributed by atoms with Gasteiger partial charge in [-0.05, 0) is 18.6 Å². The van der Waals surface area contributed by atoms with Crippen LogP contribution in [0.3, 0.4) is 0 Å². The Labute approximate surface area is 128 Å². The summed E-state index contributed by atoms with van der Waals surface area (Å²) in [6.07, 6.45) is 0.504. The zero-order chi connectivity index (χ0) is 16.2. The second-order valence-corrected chi connectivity index (χ2v) is 6.63. The van der Waals surface area contributed by atoms with Crippen LogP contribution < -0.4 is 11.1 Å². The molecule has 0 fully saturated rings. The number of hydrogen-bond donors (Lipinski definition) is 2. The van der Waals surface area contributed by atoms with Gasteiger partial charge in [0.25, 0.3) is 0 Å². The number of benzene rings is 1. The Morgan fingerprint density at radius 2 is 2.10 bits per heavy atom. The predicted octanol–water partition coefficient (Wildman–Crippen LogP) is 1.21. The van der Waals surface area contributed by atoms with E-state index in [0.717, 1.165) is 16.4 Å². The molecule has 0 bridgehead atoms. The van der Waals surface area contributed by atoms with Gasteiger partial charge in [-0.15, -0.1) is 0 Å². The quantitative estimate of drug-likeness (QED) is 0.763. The lowest BCUT2D eigenvalue weighted by molar-refractivity contribution is -0.120. The number of carbonyl (C=O) groups is 1. The maximum atomic E-state index is 13.3. The Morgan fingerprint density at radius 1 is 1.48 bits per heavy atom. The summed E-state index contributed by atoms with van der Waals surface area (Å²) in [7, 11) is -2.64. The third-order valence-corrected chi connectivity index (χ3v) is 5.05. The zero-order valence-electron chi connectivity index (χ0n) is 11.7. The minimum atomic E-state index is -4.04. The van der Waals surface area contributed by atoms with E-state index < -0.39 is 21.7 Å². The number of amides is 1. The zero-order valence-corrected chi connectivity index (χ0v) is 13.3. The van der Waals surface area contributed by atoms with Crippen molar-refractivity contribution < 1.29 is 17.6 Å². The molecule has 0 atom stereocenters. The van der Waals surface area contributed by atoms with Crippen LogP contribution in [0.2, 0.25) is 5.02 Å². The van der Waals surface area contributed by atoms with Gasteiger partial charge in [-0.3, -0.25) is 4.79 Å². The highest BCUT2D eigenvalue weighted by Gasteiger charge is 2.28. The highest BCUT2D eigenvalue weighted by molar-refractivity contribution is 7.89.